The van der Waals surface area contributed by atoms with Gasteiger partial charge in [-0.1, -0.05) is 56.8 Å². The van der Waals surface area contributed by atoms with Crippen LogP contribution < -0.4 is 0 Å². The van der Waals surface area contributed by atoms with E-state index in [1.165, 1.54) is 6.42 Å². The standard InChI is InChI=1S/C17H24Cl2O/c1-16(2,3)15-6-4-5-9-17(15,20)11-12-10-13(18)7-8-14(12)19/h7-8,10,15,20H,4-6,9,11H2,1-3H3. The molecule has 1 N–H and O–H groups in total. The maximum Gasteiger partial charge on any atom is 0.0721 e. The predicted molar refractivity (Wildman–Crippen MR) is 86.5 cm³/mol. The zero-order chi connectivity index (χ0) is 15.0. The lowest BCUT2D eigenvalue weighted by Gasteiger charge is -2.47. The van der Waals surface area contributed by atoms with E-state index in [0.717, 1.165) is 24.8 Å². The fraction of sp³-hybridized carbons (Fsp3) is 0.647. The Morgan fingerprint density at radius 2 is 1.95 bits per heavy atom. The first-order valence-electron chi connectivity index (χ1n) is 7.39. The van der Waals surface area contributed by atoms with Crippen molar-refractivity contribution in [2.45, 2.75) is 58.5 Å². The normalized spacial score (nSPS) is 27.6. The first-order valence-corrected chi connectivity index (χ1v) is 8.14. The summed E-state index contributed by atoms with van der Waals surface area (Å²) in [5.41, 5.74) is 0.378. The van der Waals surface area contributed by atoms with Gasteiger partial charge < -0.3 is 5.11 Å². The number of aliphatic hydroxyl groups is 1. The van der Waals surface area contributed by atoms with E-state index in [0.29, 0.717) is 22.4 Å². The highest BCUT2D eigenvalue weighted by Crippen LogP contribution is 2.46. The molecule has 1 fully saturated rings. The minimum Gasteiger partial charge on any atom is -0.389 e. The molecule has 0 bridgehead atoms. The Kier molecular flexibility index (Phi) is 4.73. The van der Waals surface area contributed by atoms with Crippen molar-refractivity contribution in [2.75, 3.05) is 0 Å². The molecule has 1 nitrogen and oxygen atoms in total. The molecule has 0 aromatic heterocycles. The number of hydrogen-bond acceptors (Lipinski definition) is 1. The molecule has 112 valence electrons. The number of hydrogen-bond donors (Lipinski definition) is 1. The van der Waals surface area contributed by atoms with Crippen molar-refractivity contribution in [1.29, 1.82) is 0 Å². The van der Waals surface area contributed by atoms with Gasteiger partial charge in [0.1, 0.15) is 0 Å². The fourth-order valence-corrected chi connectivity index (χ4v) is 4.06. The molecule has 0 aliphatic heterocycles. The van der Waals surface area contributed by atoms with Gasteiger partial charge >= 0.3 is 0 Å². The van der Waals surface area contributed by atoms with Crippen molar-refractivity contribution >= 4 is 23.2 Å². The first-order chi connectivity index (χ1) is 9.22. The molecule has 1 saturated carbocycles. The largest absolute Gasteiger partial charge is 0.389 e. The lowest BCUT2D eigenvalue weighted by molar-refractivity contribution is -0.0889. The van der Waals surface area contributed by atoms with Crippen LogP contribution in [-0.4, -0.2) is 10.7 Å². The van der Waals surface area contributed by atoms with E-state index in [1.807, 2.05) is 12.1 Å². The van der Waals surface area contributed by atoms with Gasteiger partial charge in [0, 0.05) is 16.5 Å². The molecular formula is C17H24Cl2O. The fourth-order valence-electron chi connectivity index (χ4n) is 3.68. The zero-order valence-corrected chi connectivity index (χ0v) is 14.1. The highest BCUT2D eigenvalue weighted by molar-refractivity contribution is 6.33. The zero-order valence-electron chi connectivity index (χ0n) is 12.5. The molecule has 2 atom stereocenters. The summed E-state index contributed by atoms with van der Waals surface area (Å²) in [4.78, 5) is 0. The second kappa shape index (κ2) is 5.87. The molecule has 2 unspecified atom stereocenters. The van der Waals surface area contributed by atoms with Crippen LogP contribution in [-0.2, 0) is 6.42 Å². The van der Waals surface area contributed by atoms with Crippen molar-refractivity contribution in [3.8, 4) is 0 Å². The molecule has 0 spiro atoms. The van der Waals surface area contributed by atoms with Gasteiger partial charge in [-0.05, 0) is 47.9 Å². The van der Waals surface area contributed by atoms with Crippen LogP contribution in [0.25, 0.3) is 0 Å². The molecule has 0 radical (unpaired) electrons. The SMILES string of the molecule is CC(C)(C)C1CCCCC1(O)Cc1cc(Cl)ccc1Cl. The van der Waals surface area contributed by atoms with E-state index in [4.69, 9.17) is 23.2 Å². The van der Waals surface area contributed by atoms with Gasteiger partial charge in [0.25, 0.3) is 0 Å². The lowest BCUT2D eigenvalue weighted by atomic mass is 9.62. The van der Waals surface area contributed by atoms with Crippen molar-refractivity contribution in [1.82, 2.24) is 0 Å². The molecule has 1 aromatic rings. The summed E-state index contributed by atoms with van der Waals surface area (Å²) in [6.07, 6.45) is 4.80. The maximum atomic E-state index is 11.2. The monoisotopic (exact) mass is 314 g/mol. The van der Waals surface area contributed by atoms with Gasteiger partial charge in [-0.3, -0.25) is 0 Å². The van der Waals surface area contributed by atoms with Crippen molar-refractivity contribution < 1.29 is 5.11 Å². The number of benzene rings is 1. The van der Waals surface area contributed by atoms with Crippen LogP contribution in [0.3, 0.4) is 0 Å². The lowest BCUT2D eigenvalue weighted by Crippen LogP contribution is -2.48. The molecule has 20 heavy (non-hydrogen) atoms. The summed E-state index contributed by atoms with van der Waals surface area (Å²) in [6.45, 7) is 6.65. The first kappa shape index (κ1) is 16.1. The van der Waals surface area contributed by atoms with Crippen LogP contribution in [0, 0.1) is 11.3 Å². The topological polar surface area (TPSA) is 20.2 Å². The third-order valence-electron chi connectivity index (χ3n) is 4.55. The Bertz CT molecular complexity index is 478. The van der Waals surface area contributed by atoms with E-state index in [1.54, 1.807) is 6.07 Å². The van der Waals surface area contributed by atoms with Crippen molar-refractivity contribution in [3.63, 3.8) is 0 Å². The Balaban J connectivity index is 2.30. The summed E-state index contributed by atoms with van der Waals surface area (Å²) >= 11 is 12.3. The van der Waals surface area contributed by atoms with Gasteiger partial charge in [0.2, 0.25) is 0 Å². The highest BCUT2D eigenvalue weighted by Gasteiger charge is 2.44. The summed E-state index contributed by atoms with van der Waals surface area (Å²) in [5.74, 6) is 0.291. The third-order valence-corrected chi connectivity index (χ3v) is 5.15. The number of rotatable bonds is 2. The van der Waals surface area contributed by atoms with Crippen LogP contribution in [0.4, 0.5) is 0 Å². The molecule has 0 heterocycles. The average Bonchev–Trinajstić information content (AvgIpc) is 2.32. The molecule has 0 amide bonds. The summed E-state index contributed by atoms with van der Waals surface area (Å²) in [7, 11) is 0. The maximum absolute atomic E-state index is 11.2. The molecule has 3 heteroatoms. The number of halogens is 2. The quantitative estimate of drug-likeness (QED) is 0.763. The third kappa shape index (κ3) is 3.50. The highest BCUT2D eigenvalue weighted by atomic mass is 35.5. The predicted octanol–water partition coefficient (Wildman–Crippen LogP) is 5.50. The Hall–Kier alpha value is -0.240. The van der Waals surface area contributed by atoms with E-state index >= 15 is 0 Å². The average molecular weight is 315 g/mol. The van der Waals surface area contributed by atoms with Crippen LogP contribution >= 0.6 is 23.2 Å². The minimum absolute atomic E-state index is 0.0974. The Morgan fingerprint density at radius 3 is 2.60 bits per heavy atom. The van der Waals surface area contributed by atoms with Gasteiger partial charge in [-0.15, -0.1) is 0 Å². The van der Waals surface area contributed by atoms with E-state index in [9.17, 15) is 5.11 Å². The van der Waals surface area contributed by atoms with Crippen molar-refractivity contribution in [3.05, 3.63) is 33.8 Å². The molecule has 1 aliphatic carbocycles. The Labute approximate surface area is 132 Å². The molecule has 2 rings (SSSR count). The molecule has 1 aliphatic rings. The van der Waals surface area contributed by atoms with E-state index in [2.05, 4.69) is 20.8 Å². The van der Waals surface area contributed by atoms with E-state index < -0.39 is 5.60 Å². The summed E-state index contributed by atoms with van der Waals surface area (Å²) < 4.78 is 0. The van der Waals surface area contributed by atoms with Crippen LogP contribution in [0.15, 0.2) is 18.2 Å². The second-order valence-corrected chi connectivity index (χ2v) is 8.02. The van der Waals surface area contributed by atoms with Crippen LogP contribution in [0.2, 0.25) is 10.0 Å². The molecule has 0 saturated heterocycles. The summed E-state index contributed by atoms with van der Waals surface area (Å²) in [6, 6.07) is 5.49. The van der Waals surface area contributed by atoms with Crippen LogP contribution in [0.5, 0.6) is 0 Å². The van der Waals surface area contributed by atoms with E-state index in [-0.39, 0.29) is 5.41 Å². The molecule has 1 aromatic carbocycles. The van der Waals surface area contributed by atoms with Crippen LogP contribution in [0.1, 0.15) is 52.0 Å². The second-order valence-electron chi connectivity index (χ2n) is 7.18. The van der Waals surface area contributed by atoms with Gasteiger partial charge in [0.15, 0.2) is 0 Å². The van der Waals surface area contributed by atoms with Crippen molar-refractivity contribution in [2.24, 2.45) is 11.3 Å². The van der Waals surface area contributed by atoms with Gasteiger partial charge in [-0.2, -0.15) is 0 Å². The molecular weight excluding hydrogens is 291 g/mol. The summed E-state index contributed by atoms with van der Waals surface area (Å²) in [5, 5.41) is 12.6. The Morgan fingerprint density at radius 1 is 1.25 bits per heavy atom. The van der Waals surface area contributed by atoms with Gasteiger partial charge in [0.05, 0.1) is 5.60 Å². The minimum atomic E-state index is -0.676. The smallest absolute Gasteiger partial charge is 0.0721 e. The van der Waals surface area contributed by atoms with Gasteiger partial charge in [-0.25, -0.2) is 0 Å².